The molecule has 1 heterocycles. The van der Waals surface area contributed by atoms with Crippen LogP contribution in [0.3, 0.4) is 0 Å². The Kier molecular flexibility index (Phi) is 3.57. The Balaban J connectivity index is 2.20. The van der Waals surface area contributed by atoms with Gasteiger partial charge in [0.05, 0.1) is 0 Å². The number of nitrogens with zero attached hydrogens (tertiary/aromatic N) is 2. The monoisotopic (exact) mass is 280 g/mol. The first-order valence-electron chi connectivity index (χ1n) is 6.98. The largest absolute Gasteiger partial charge is 0.334 e. The molecule has 0 saturated heterocycles. The van der Waals surface area contributed by atoms with E-state index >= 15 is 0 Å². The van der Waals surface area contributed by atoms with Gasteiger partial charge in [0.15, 0.2) is 0 Å². The van der Waals surface area contributed by atoms with Crippen LogP contribution in [-0.2, 0) is 7.05 Å². The molecule has 3 rings (SSSR count). The molecule has 2 aromatic rings. The van der Waals surface area contributed by atoms with Crippen LogP contribution in [0.2, 0.25) is 0 Å². The van der Waals surface area contributed by atoms with Crippen molar-refractivity contribution >= 4 is 5.57 Å². The molecule has 3 heteroatoms. The number of aryl methyl sites for hydroxylation is 1. The van der Waals surface area contributed by atoms with E-state index in [9.17, 15) is 4.39 Å². The highest BCUT2D eigenvalue weighted by molar-refractivity contribution is 5.85. The summed E-state index contributed by atoms with van der Waals surface area (Å²) in [5, 5.41) is 0. The van der Waals surface area contributed by atoms with E-state index < -0.39 is 0 Å². The summed E-state index contributed by atoms with van der Waals surface area (Å²) < 4.78 is 15.6. The van der Waals surface area contributed by atoms with E-state index in [4.69, 9.17) is 0 Å². The van der Waals surface area contributed by atoms with E-state index in [0.717, 1.165) is 28.9 Å². The Hall–Kier alpha value is -2.42. The lowest BCUT2D eigenvalue weighted by Gasteiger charge is -2.11. The van der Waals surface area contributed by atoms with E-state index in [1.54, 1.807) is 12.3 Å². The molecule has 21 heavy (non-hydrogen) atoms. The summed E-state index contributed by atoms with van der Waals surface area (Å²) in [6.07, 6.45) is 13.0. The number of hydrogen-bond donors (Lipinski definition) is 0. The third-order valence-electron chi connectivity index (χ3n) is 3.61. The predicted octanol–water partition coefficient (Wildman–Crippen LogP) is 4.52. The van der Waals surface area contributed by atoms with Gasteiger partial charge in [-0.3, -0.25) is 0 Å². The van der Waals surface area contributed by atoms with Crippen LogP contribution in [0, 0.1) is 5.82 Å². The first kappa shape index (κ1) is 13.6. The summed E-state index contributed by atoms with van der Waals surface area (Å²) in [5.74, 6) is 0.520. The summed E-state index contributed by atoms with van der Waals surface area (Å²) in [6, 6.07) is 4.88. The Morgan fingerprint density at radius 1 is 1.24 bits per heavy atom. The number of allylic oxidation sites excluding steroid dienone is 6. The Morgan fingerprint density at radius 3 is 2.86 bits per heavy atom. The summed E-state index contributed by atoms with van der Waals surface area (Å²) in [6.45, 7) is 2.08. The van der Waals surface area contributed by atoms with Crippen molar-refractivity contribution in [2.24, 2.45) is 7.05 Å². The van der Waals surface area contributed by atoms with Crippen molar-refractivity contribution in [3.8, 4) is 11.4 Å². The number of benzene rings is 1. The van der Waals surface area contributed by atoms with E-state index in [1.807, 2.05) is 23.9 Å². The smallest absolute Gasteiger partial charge is 0.140 e. The lowest BCUT2D eigenvalue weighted by molar-refractivity contribution is 0.628. The number of imidazole rings is 1. The van der Waals surface area contributed by atoms with Crippen LogP contribution in [0.4, 0.5) is 4.39 Å². The number of hydrogen-bond acceptors (Lipinski definition) is 1. The van der Waals surface area contributed by atoms with Crippen LogP contribution in [0.15, 0.2) is 60.5 Å². The summed E-state index contributed by atoms with van der Waals surface area (Å²) in [4.78, 5) is 4.36. The Labute approximate surface area is 124 Å². The van der Waals surface area contributed by atoms with Crippen molar-refractivity contribution in [2.75, 3.05) is 0 Å². The maximum absolute atomic E-state index is 13.7. The molecule has 0 saturated carbocycles. The molecule has 1 aromatic carbocycles. The van der Waals surface area contributed by atoms with Crippen molar-refractivity contribution in [1.29, 1.82) is 0 Å². The lowest BCUT2D eigenvalue weighted by Crippen LogP contribution is -1.96. The minimum Gasteiger partial charge on any atom is -0.334 e. The molecule has 0 fully saturated rings. The van der Waals surface area contributed by atoms with Crippen molar-refractivity contribution in [2.45, 2.75) is 13.3 Å². The second kappa shape index (κ2) is 5.52. The van der Waals surface area contributed by atoms with E-state index in [2.05, 4.69) is 36.2 Å². The summed E-state index contributed by atoms with van der Waals surface area (Å²) >= 11 is 0. The predicted molar refractivity (Wildman–Crippen MR) is 84.1 cm³/mol. The van der Waals surface area contributed by atoms with Crippen LogP contribution in [0.25, 0.3) is 17.0 Å². The minimum absolute atomic E-state index is 0.248. The first-order valence-corrected chi connectivity index (χ1v) is 6.98. The molecule has 106 valence electrons. The van der Waals surface area contributed by atoms with Crippen molar-refractivity contribution < 1.29 is 4.39 Å². The van der Waals surface area contributed by atoms with Crippen molar-refractivity contribution in [3.63, 3.8) is 0 Å². The average molecular weight is 280 g/mol. The van der Waals surface area contributed by atoms with Gasteiger partial charge in [-0.05, 0) is 36.6 Å². The fourth-order valence-corrected chi connectivity index (χ4v) is 2.55. The molecule has 0 radical (unpaired) electrons. The zero-order valence-corrected chi connectivity index (χ0v) is 12.2. The normalized spacial score (nSPS) is 14.6. The van der Waals surface area contributed by atoms with Crippen molar-refractivity contribution in [3.05, 3.63) is 71.9 Å². The van der Waals surface area contributed by atoms with Gasteiger partial charge in [0.1, 0.15) is 11.6 Å². The highest BCUT2D eigenvalue weighted by Gasteiger charge is 2.13. The first-order chi connectivity index (χ1) is 10.1. The summed E-state index contributed by atoms with van der Waals surface area (Å²) in [7, 11) is 1.92. The van der Waals surface area contributed by atoms with Gasteiger partial charge in [0, 0.05) is 25.0 Å². The van der Waals surface area contributed by atoms with Crippen molar-refractivity contribution in [1.82, 2.24) is 9.55 Å². The van der Waals surface area contributed by atoms with Gasteiger partial charge in [0.2, 0.25) is 0 Å². The molecule has 0 amide bonds. The van der Waals surface area contributed by atoms with Gasteiger partial charge in [-0.2, -0.15) is 0 Å². The van der Waals surface area contributed by atoms with Crippen LogP contribution >= 0.6 is 0 Å². The third kappa shape index (κ3) is 2.72. The standard InChI is InChI=1S/C18H17FN2/c1-13-5-3-4-6-14(11-13)16-8-7-15(19)12-17(16)18-20-9-10-21(18)2/h4-12H,3H2,1-2H3. The maximum atomic E-state index is 13.7. The van der Waals surface area contributed by atoms with Gasteiger partial charge in [0.25, 0.3) is 0 Å². The van der Waals surface area contributed by atoms with E-state index in [1.165, 1.54) is 11.6 Å². The van der Waals surface area contributed by atoms with Gasteiger partial charge in [-0.15, -0.1) is 0 Å². The second-order valence-corrected chi connectivity index (χ2v) is 5.24. The van der Waals surface area contributed by atoms with Gasteiger partial charge < -0.3 is 4.57 Å². The number of rotatable bonds is 2. The molecule has 2 nitrogen and oxygen atoms in total. The Bertz CT molecular complexity index is 763. The Morgan fingerprint density at radius 2 is 2.10 bits per heavy atom. The molecule has 0 unspecified atom stereocenters. The molecular formula is C18H17FN2. The number of halogens is 1. The van der Waals surface area contributed by atoms with Crippen LogP contribution < -0.4 is 0 Å². The lowest BCUT2D eigenvalue weighted by atomic mass is 9.97. The van der Waals surface area contributed by atoms with Crippen LogP contribution in [0.1, 0.15) is 18.9 Å². The van der Waals surface area contributed by atoms with E-state index in [0.29, 0.717) is 0 Å². The zero-order valence-electron chi connectivity index (χ0n) is 12.2. The molecule has 0 bridgehead atoms. The van der Waals surface area contributed by atoms with Crippen LogP contribution in [0.5, 0.6) is 0 Å². The van der Waals surface area contributed by atoms with E-state index in [-0.39, 0.29) is 5.82 Å². The molecule has 0 N–H and O–H groups in total. The van der Waals surface area contributed by atoms with Gasteiger partial charge in [-0.1, -0.05) is 35.9 Å². The quantitative estimate of drug-likeness (QED) is 0.791. The molecule has 0 spiro atoms. The zero-order chi connectivity index (χ0) is 14.8. The molecule has 1 aromatic heterocycles. The number of aromatic nitrogens is 2. The third-order valence-corrected chi connectivity index (χ3v) is 3.61. The molecule has 0 aliphatic heterocycles. The molecule has 1 aliphatic rings. The minimum atomic E-state index is -0.248. The molecular weight excluding hydrogens is 263 g/mol. The van der Waals surface area contributed by atoms with Crippen LogP contribution in [-0.4, -0.2) is 9.55 Å². The second-order valence-electron chi connectivity index (χ2n) is 5.24. The fourth-order valence-electron chi connectivity index (χ4n) is 2.55. The molecule has 1 aliphatic carbocycles. The summed E-state index contributed by atoms with van der Waals surface area (Å²) in [5.41, 5.74) is 4.11. The SMILES string of the molecule is CC1=CCC=CC(c2ccc(F)cc2-c2nccn2C)=C1. The van der Waals surface area contributed by atoms with Gasteiger partial charge in [-0.25, -0.2) is 9.37 Å². The highest BCUT2D eigenvalue weighted by Crippen LogP contribution is 2.31. The topological polar surface area (TPSA) is 17.8 Å². The van der Waals surface area contributed by atoms with Gasteiger partial charge >= 0.3 is 0 Å². The highest BCUT2D eigenvalue weighted by atomic mass is 19.1. The molecule has 0 atom stereocenters. The average Bonchev–Trinajstić information content (AvgIpc) is 2.76. The fraction of sp³-hybridized carbons (Fsp3) is 0.167. The maximum Gasteiger partial charge on any atom is 0.140 e.